The smallest absolute Gasteiger partial charge is 0.135 e. The van der Waals surface area contributed by atoms with Gasteiger partial charge >= 0.3 is 0 Å². The summed E-state index contributed by atoms with van der Waals surface area (Å²) in [6.45, 7) is 5.57. The fourth-order valence-corrected chi connectivity index (χ4v) is 3.94. The predicted molar refractivity (Wildman–Crippen MR) is 118 cm³/mol. The lowest BCUT2D eigenvalue weighted by Gasteiger charge is -2.36. The molecule has 1 unspecified atom stereocenters. The van der Waals surface area contributed by atoms with E-state index in [9.17, 15) is 4.39 Å². The first-order valence-corrected chi connectivity index (χ1v) is 10.9. The molecule has 1 N–H and O–H groups in total. The quantitative estimate of drug-likeness (QED) is 0.660. The van der Waals surface area contributed by atoms with Crippen LogP contribution < -0.4 is 10.2 Å². The zero-order valence-electron chi connectivity index (χ0n) is 18.1. The second kappa shape index (κ2) is 9.58. The highest BCUT2D eigenvalue weighted by atomic mass is 19.1. The number of pyridine rings is 2. The highest BCUT2D eigenvalue weighted by Gasteiger charge is 2.29. The van der Waals surface area contributed by atoms with Crippen molar-refractivity contribution in [3.8, 4) is 6.07 Å². The second-order valence-corrected chi connectivity index (χ2v) is 8.38. The molecule has 4 heterocycles. The number of hydrogen-bond acceptors (Lipinski definition) is 7. The number of rotatable bonds is 9. The first-order chi connectivity index (χ1) is 15.1. The lowest BCUT2D eigenvalue weighted by Crippen LogP contribution is -2.49. The standard InChI is InChI=1S/C23H29FN6O/c1-3-17(5-7-29(2)20-14-31-15-20)18-9-22(27-21-8-16(11-25)4-6-26-21)28-23(10-18)30-12-19(24)13-30/h4,6,8-10,17,19-20H,3,5,7,12-15H2,1-2H3,(H,26,27,28). The number of hydrogen-bond donors (Lipinski definition) is 1. The molecule has 31 heavy (non-hydrogen) atoms. The van der Waals surface area contributed by atoms with E-state index in [4.69, 9.17) is 15.0 Å². The third-order valence-corrected chi connectivity index (χ3v) is 6.18. The summed E-state index contributed by atoms with van der Waals surface area (Å²) in [5.41, 5.74) is 1.72. The molecule has 1 atom stereocenters. The van der Waals surface area contributed by atoms with Crippen LogP contribution in [0.3, 0.4) is 0 Å². The first kappa shape index (κ1) is 21.5. The first-order valence-electron chi connectivity index (χ1n) is 10.9. The van der Waals surface area contributed by atoms with Crippen LogP contribution in [0.15, 0.2) is 30.5 Å². The van der Waals surface area contributed by atoms with Gasteiger partial charge in [-0.3, -0.25) is 4.90 Å². The molecule has 8 heteroatoms. The number of alkyl halides is 1. The molecular formula is C23H29FN6O. The molecule has 0 amide bonds. The Balaban J connectivity index is 1.55. The van der Waals surface area contributed by atoms with E-state index in [1.807, 2.05) is 4.90 Å². The summed E-state index contributed by atoms with van der Waals surface area (Å²) in [6.07, 6.45) is 2.84. The van der Waals surface area contributed by atoms with Crippen molar-refractivity contribution >= 4 is 17.5 Å². The van der Waals surface area contributed by atoms with Crippen LogP contribution in [0.4, 0.5) is 21.8 Å². The number of nitriles is 1. The molecular weight excluding hydrogens is 395 g/mol. The molecule has 0 aliphatic carbocycles. The number of aromatic nitrogens is 2. The summed E-state index contributed by atoms with van der Waals surface area (Å²) < 4.78 is 18.8. The largest absolute Gasteiger partial charge is 0.378 e. The Labute approximate surface area is 182 Å². The van der Waals surface area contributed by atoms with E-state index >= 15 is 0 Å². The van der Waals surface area contributed by atoms with Gasteiger partial charge in [0.25, 0.3) is 0 Å². The van der Waals surface area contributed by atoms with Gasteiger partial charge in [-0.2, -0.15) is 5.26 Å². The van der Waals surface area contributed by atoms with Crippen molar-refractivity contribution in [3.63, 3.8) is 0 Å². The molecule has 2 aliphatic heterocycles. The van der Waals surface area contributed by atoms with Crippen LogP contribution in [0.25, 0.3) is 0 Å². The van der Waals surface area contributed by atoms with E-state index in [1.165, 1.54) is 5.56 Å². The van der Waals surface area contributed by atoms with Crippen LogP contribution in [-0.2, 0) is 4.74 Å². The number of nitrogens with one attached hydrogen (secondary N) is 1. The summed E-state index contributed by atoms with van der Waals surface area (Å²) in [7, 11) is 2.15. The topological polar surface area (TPSA) is 77.3 Å². The number of anilines is 3. The van der Waals surface area contributed by atoms with Crippen molar-refractivity contribution in [1.29, 1.82) is 5.26 Å². The molecule has 4 rings (SSSR count). The van der Waals surface area contributed by atoms with Gasteiger partial charge in [-0.15, -0.1) is 0 Å². The maximum absolute atomic E-state index is 13.5. The summed E-state index contributed by atoms with van der Waals surface area (Å²) in [5, 5.41) is 12.4. The molecule has 2 aromatic heterocycles. The Hall–Kier alpha value is -2.76. The number of likely N-dealkylation sites (N-methyl/N-ethyl adjacent to an activating group) is 1. The average Bonchev–Trinajstić information content (AvgIpc) is 2.70. The highest BCUT2D eigenvalue weighted by molar-refractivity contribution is 5.59. The molecule has 7 nitrogen and oxygen atoms in total. The van der Waals surface area contributed by atoms with Gasteiger partial charge in [-0.25, -0.2) is 14.4 Å². The van der Waals surface area contributed by atoms with Gasteiger partial charge in [0.1, 0.15) is 23.6 Å². The zero-order chi connectivity index (χ0) is 21.8. The summed E-state index contributed by atoms with van der Waals surface area (Å²) in [6, 6.07) is 10.2. The molecule has 2 aliphatic rings. The van der Waals surface area contributed by atoms with Crippen molar-refractivity contribution < 1.29 is 9.13 Å². The van der Waals surface area contributed by atoms with Crippen LogP contribution >= 0.6 is 0 Å². The maximum Gasteiger partial charge on any atom is 0.135 e. The van der Waals surface area contributed by atoms with Crippen molar-refractivity contribution in [2.24, 2.45) is 0 Å². The Kier molecular flexibility index (Phi) is 6.64. The fraction of sp³-hybridized carbons (Fsp3) is 0.522. The maximum atomic E-state index is 13.5. The van der Waals surface area contributed by atoms with Crippen LogP contribution in [0.2, 0.25) is 0 Å². The normalized spacial score (nSPS) is 17.7. The molecule has 0 aromatic carbocycles. The van der Waals surface area contributed by atoms with Gasteiger partial charge < -0.3 is 15.0 Å². The van der Waals surface area contributed by atoms with Crippen molar-refractivity contribution in [2.75, 3.05) is 50.1 Å². The summed E-state index contributed by atoms with van der Waals surface area (Å²) in [4.78, 5) is 13.3. The number of nitrogens with zero attached hydrogens (tertiary/aromatic N) is 5. The highest BCUT2D eigenvalue weighted by Crippen LogP contribution is 2.32. The lowest BCUT2D eigenvalue weighted by atomic mass is 9.93. The van der Waals surface area contributed by atoms with E-state index in [0.29, 0.717) is 42.2 Å². The van der Waals surface area contributed by atoms with Crippen molar-refractivity contribution in [3.05, 3.63) is 41.6 Å². The molecule has 0 bridgehead atoms. The van der Waals surface area contributed by atoms with Gasteiger partial charge in [0.2, 0.25) is 0 Å². The van der Waals surface area contributed by atoms with Gasteiger partial charge in [-0.1, -0.05) is 6.92 Å². The van der Waals surface area contributed by atoms with Crippen molar-refractivity contribution in [2.45, 2.75) is 37.9 Å². The third-order valence-electron chi connectivity index (χ3n) is 6.18. The molecule has 0 spiro atoms. The Morgan fingerprint density at radius 2 is 2.13 bits per heavy atom. The van der Waals surface area contributed by atoms with Crippen LogP contribution in [-0.4, -0.2) is 67.0 Å². The molecule has 0 saturated carbocycles. The van der Waals surface area contributed by atoms with Crippen molar-refractivity contribution in [1.82, 2.24) is 14.9 Å². The van der Waals surface area contributed by atoms with Gasteiger partial charge in [0, 0.05) is 6.20 Å². The minimum atomic E-state index is -0.795. The van der Waals surface area contributed by atoms with E-state index in [-0.39, 0.29) is 0 Å². The fourth-order valence-electron chi connectivity index (χ4n) is 3.94. The van der Waals surface area contributed by atoms with E-state index in [0.717, 1.165) is 38.4 Å². The van der Waals surface area contributed by atoms with E-state index < -0.39 is 6.17 Å². The van der Waals surface area contributed by atoms with Crippen LogP contribution in [0.1, 0.15) is 36.8 Å². The number of ether oxygens (including phenoxy) is 1. The van der Waals surface area contributed by atoms with Crippen LogP contribution in [0, 0.1) is 11.3 Å². The number of halogens is 1. The zero-order valence-corrected chi connectivity index (χ0v) is 18.1. The molecule has 164 valence electrons. The van der Waals surface area contributed by atoms with Crippen LogP contribution in [0.5, 0.6) is 0 Å². The average molecular weight is 425 g/mol. The Morgan fingerprint density at radius 1 is 1.32 bits per heavy atom. The summed E-state index contributed by atoms with van der Waals surface area (Å²) in [5.74, 6) is 2.38. The molecule has 2 aromatic rings. The minimum Gasteiger partial charge on any atom is -0.378 e. The van der Waals surface area contributed by atoms with E-state index in [1.54, 1.807) is 18.3 Å². The van der Waals surface area contributed by atoms with Gasteiger partial charge in [-0.05, 0) is 62.2 Å². The molecule has 2 fully saturated rings. The predicted octanol–water partition coefficient (Wildman–Crippen LogP) is 3.46. The summed E-state index contributed by atoms with van der Waals surface area (Å²) >= 11 is 0. The third kappa shape index (κ3) is 5.12. The van der Waals surface area contributed by atoms with E-state index in [2.05, 4.69) is 47.4 Å². The lowest BCUT2D eigenvalue weighted by molar-refractivity contribution is -0.0565. The van der Waals surface area contributed by atoms with Gasteiger partial charge in [0.15, 0.2) is 0 Å². The monoisotopic (exact) mass is 424 g/mol. The van der Waals surface area contributed by atoms with Gasteiger partial charge in [0.05, 0.1) is 44.0 Å². The minimum absolute atomic E-state index is 0.367. The second-order valence-electron chi connectivity index (χ2n) is 8.38. The molecule has 2 saturated heterocycles. The Morgan fingerprint density at radius 3 is 2.77 bits per heavy atom. The SMILES string of the molecule is CCC(CCN(C)C1COC1)c1cc(Nc2cc(C#N)ccn2)nc(N2CC(F)C2)c1. The Bertz CT molecular complexity index is 938. The molecule has 0 radical (unpaired) electrons.